The van der Waals surface area contributed by atoms with Crippen molar-refractivity contribution in [1.82, 2.24) is 4.90 Å². The van der Waals surface area contributed by atoms with Crippen LogP contribution in [0.4, 0.5) is 0 Å². The standard InChI is InChI=1S/C14H20N2/c1-4-12-5-7-13(8-6-12)14(11-15)9-10-16(2)3/h5-8,14H,4,9-10H2,1-3H3. The molecule has 0 aliphatic rings. The smallest absolute Gasteiger partial charge is 0.0724 e. The van der Waals surface area contributed by atoms with Crippen LogP contribution < -0.4 is 0 Å². The third-order valence-electron chi connectivity index (χ3n) is 2.81. The van der Waals surface area contributed by atoms with Crippen molar-refractivity contribution < 1.29 is 0 Å². The summed E-state index contributed by atoms with van der Waals surface area (Å²) < 4.78 is 0. The number of aryl methyl sites for hydroxylation is 1. The van der Waals surface area contributed by atoms with Gasteiger partial charge in [0.15, 0.2) is 0 Å². The second kappa shape index (κ2) is 6.30. The molecule has 0 N–H and O–H groups in total. The van der Waals surface area contributed by atoms with Gasteiger partial charge in [-0.1, -0.05) is 31.2 Å². The Morgan fingerprint density at radius 2 is 1.88 bits per heavy atom. The molecule has 1 atom stereocenters. The molecule has 0 saturated carbocycles. The Labute approximate surface area is 98.5 Å². The SMILES string of the molecule is CCc1ccc(C(C#N)CCN(C)C)cc1. The van der Waals surface area contributed by atoms with Crippen molar-refractivity contribution in [3.63, 3.8) is 0 Å². The normalized spacial score (nSPS) is 12.4. The van der Waals surface area contributed by atoms with Crippen LogP contribution in [0.3, 0.4) is 0 Å². The van der Waals surface area contributed by atoms with Crippen molar-refractivity contribution in [2.24, 2.45) is 0 Å². The summed E-state index contributed by atoms with van der Waals surface area (Å²) in [5, 5.41) is 9.15. The second-order valence-electron chi connectivity index (χ2n) is 4.37. The van der Waals surface area contributed by atoms with E-state index in [1.54, 1.807) is 0 Å². The van der Waals surface area contributed by atoms with Gasteiger partial charge in [0, 0.05) is 0 Å². The maximum atomic E-state index is 9.15. The first kappa shape index (κ1) is 12.7. The molecule has 2 heteroatoms. The van der Waals surface area contributed by atoms with Crippen LogP contribution in [-0.4, -0.2) is 25.5 Å². The van der Waals surface area contributed by atoms with Crippen molar-refractivity contribution in [1.29, 1.82) is 5.26 Å². The zero-order valence-corrected chi connectivity index (χ0v) is 10.4. The van der Waals surface area contributed by atoms with Gasteiger partial charge in [-0.15, -0.1) is 0 Å². The molecular formula is C14H20N2. The van der Waals surface area contributed by atoms with Gasteiger partial charge in [-0.2, -0.15) is 5.26 Å². The van der Waals surface area contributed by atoms with E-state index >= 15 is 0 Å². The lowest BCUT2D eigenvalue weighted by Gasteiger charge is -2.13. The summed E-state index contributed by atoms with van der Waals surface area (Å²) in [5.41, 5.74) is 2.47. The summed E-state index contributed by atoms with van der Waals surface area (Å²) in [6, 6.07) is 10.8. The van der Waals surface area contributed by atoms with Crippen molar-refractivity contribution >= 4 is 0 Å². The van der Waals surface area contributed by atoms with Crippen LogP contribution in [0.2, 0.25) is 0 Å². The van der Waals surface area contributed by atoms with E-state index < -0.39 is 0 Å². The van der Waals surface area contributed by atoms with E-state index in [2.05, 4.69) is 42.2 Å². The van der Waals surface area contributed by atoms with E-state index in [4.69, 9.17) is 5.26 Å². The van der Waals surface area contributed by atoms with E-state index in [9.17, 15) is 0 Å². The van der Waals surface area contributed by atoms with Crippen LogP contribution in [0.5, 0.6) is 0 Å². The molecule has 16 heavy (non-hydrogen) atoms. The zero-order chi connectivity index (χ0) is 12.0. The molecule has 0 fully saturated rings. The van der Waals surface area contributed by atoms with E-state index in [0.29, 0.717) is 0 Å². The minimum Gasteiger partial charge on any atom is -0.309 e. The van der Waals surface area contributed by atoms with Gasteiger partial charge < -0.3 is 4.90 Å². The summed E-state index contributed by atoms with van der Waals surface area (Å²) in [7, 11) is 4.07. The third-order valence-corrected chi connectivity index (χ3v) is 2.81. The molecule has 1 unspecified atom stereocenters. The summed E-state index contributed by atoms with van der Waals surface area (Å²) >= 11 is 0. The number of hydrogen-bond acceptors (Lipinski definition) is 2. The Kier molecular flexibility index (Phi) is 5.01. The van der Waals surface area contributed by atoms with Gasteiger partial charge in [-0.25, -0.2) is 0 Å². The van der Waals surface area contributed by atoms with E-state index in [1.807, 2.05) is 14.1 Å². The molecule has 2 nitrogen and oxygen atoms in total. The van der Waals surface area contributed by atoms with Crippen molar-refractivity contribution in [3.8, 4) is 6.07 Å². The van der Waals surface area contributed by atoms with Gasteiger partial charge in [0.2, 0.25) is 0 Å². The summed E-state index contributed by atoms with van der Waals surface area (Å²) in [6.07, 6.45) is 1.95. The average molecular weight is 216 g/mol. The van der Waals surface area contributed by atoms with Crippen molar-refractivity contribution in [2.75, 3.05) is 20.6 Å². The molecular weight excluding hydrogens is 196 g/mol. The van der Waals surface area contributed by atoms with Crippen LogP contribution in [0.25, 0.3) is 0 Å². The largest absolute Gasteiger partial charge is 0.309 e. The topological polar surface area (TPSA) is 27.0 Å². The fourth-order valence-electron chi connectivity index (χ4n) is 1.68. The third kappa shape index (κ3) is 3.67. The predicted molar refractivity (Wildman–Crippen MR) is 67.3 cm³/mol. The Balaban J connectivity index is 2.68. The van der Waals surface area contributed by atoms with Gasteiger partial charge in [-0.05, 0) is 44.6 Å². The molecule has 0 aromatic heterocycles. The molecule has 1 aromatic carbocycles. The molecule has 0 bridgehead atoms. The first-order valence-corrected chi connectivity index (χ1v) is 5.80. The molecule has 86 valence electrons. The minimum absolute atomic E-state index is 0.0216. The van der Waals surface area contributed by atoms with Crippen LogP contribution in [0.15, 0.2) is 24.3 Å². The number of nitriles is 1. The molecule has 0 radical (unpaired) electrons. The highest BCUT2D eigenvalue weighted by Gasteiger charge is 2.10. The lowest BCUT2D eigenvalue weighted by molar-refractivity contribution is 0.393. The number of benzene rings is 1. The van der Waals surface area contributed by atoms with E-state index in [1.165, 1.54) is 5.56 Å². The number of nitrogens with zero attached hydrogens (tertiary/aromatic N) is 2. The maximum Gasteiger partial charge on any atom is 0.0724 e. The first-order chi connectivity index (χ1) is 7.67. The minimum atomic E-state index is 0.0216. The number of rotatable bonds is 5. The van der Waals surface area contributed by atoms with Crippen molar-refractivity contribution in [2.45, 2.75) is 25.7 Å². The van der Waals surface area contributed by atoms with Crippen LogP contribution in [0, 0.1) is 11.3 Å². The Morgan fingerprint density at radius 3 is 2.31 bits per heavy atom. The molecule has 0 aliphatic heterocycles. The lowest BCUT2D eigenvalue weighted by Crippen LogP contribution is -2.15. The molecule has 0 aliphatic carbocycles. The van der Waals surface area contributed by atoms with Gasteiger partial charge in [-0.3, -0.25) is 0 Å². The molecule has 0 heterocycles. The predicted octanol–water partition coefficient (Wildman–Crippen LogP) is 2.81. The Bertz CT molecular complexity index is 346. The van der Waals surface area contributed by atoms with Gasteiger partial charge in [0.05, 0.1) is 12.0 Å². The summed E-state index contributed by atoms with van der Waals surface area (Å²) in [4.78, 5) is 2.12. The van der Waals surface area contributed by atoms with Gasteiger partial charge in [0.25, 0.3) is 0 Å². The quantitative estimate of drug-likeness (QED) is 0.756. The number of hydrogen-bond donors (Lipinski definition) is 0. The summed E-state index contributed by atoms with van der Waals surface area (Å²) in [5.74, 6) is 0.0216. The second-order valence-corrected chi connectivity index (χ2v) is 4.37. The molecule has 0 spiro atoms. The van der Waals surface area contributed by atoms with E-state index in [0.717, 1.165) is 24.9 Å². The average Bonchev–Trinajstić information content (AvgIpc) is 2.30. The molecule has 0 amide bonds. The van der Waals surface area contributed by atoms with Crippen LogP contribution >= 0.6 is 0 Å². The highest BCUT2D eigenvalue weighted by atomic mass is 15.0. The van der Waals surface area contributed by atoms with E-state index in [-0.39, 0.29) is 5.92 Å². The Morgan fingerprint density at radius 1 is 1.25 bits per heavy atom. The molecule has 1 aromatic rings. The fraction of sp³-hybridized carbons (Fsp3) is 0.500. The van der Waals surface area contributed by atoms with Crippen LogP contribution in [0.1, 0.15) is 30.4 Å². The summed E-state index contributed by atoms with van der Waals surface area (Å²) in [6.45, 7) is 3.09. The monoisotopic (exact) mass is 216 g/mol. The fourth-order valence-corrected chi connectivity index (χ4v) is 1.68. The zero-order valence-electron chi connectivity index (χ0n) is 10.4. The molecule has 0 saturated heterocycles. The Hall–Kier alpha value is -1.33. The van der Waals surface area contributed by atoms with Crippen LogP contribution in [-0.2, 0) is 6.42 Å². The lowest BCUT2D eigenvalue weighted by atomic mass is 9.96. The van der Waals surface area contributed by atoms with Gasteiger partial charge >= 0.3 is 0 Å². The highest BCUT2D eigenvalue weighted by molar-refractivity contribution is 5.28. The first-order valence-electron chi connectivity index (χ1n) is 5.80. The van der Waals surface area contributed by atoms with Gasteiger partial charge in [0.1, 0.15) is 0 Å². The maximum absolute atomic E-state index is 9.15. The molecule has 1 rings (SSSR count). The highest BCUT2D eigenvalue weighted by Crippen LogP contribution is 2.19. The van der Waals surface area contributed by atoms with Crippen molar-refractivity contribution in [3.05, 3.63) is 35.4 Å².